The van der Waals surface area contributed by atoms with Gasteiger partial charge in [-0.1, -0.05) is 11.3 Å². The van der Waals surface area contributed by atoms with Crippen LogP contribution < -0.4 is 15.8 Å². The fraction of sp³-hybridized carbons (Fsp3) is 0.333. The van der Waals surface area contributed by atoms with Crippen molar-refractivity contribution in [2.24, 2.45) is 5.73 Å². The predicted octanol–water partition coefficient (Wildman–Crippen LogP) is 2.16. The fourth-order valence-electron chi connectivity index (χ4n) is 1.67. The number of hydrogen-bond donors (Lipinski definition) is 2. The predicted molar refractivity (Wildman–Crippen MR) is 78.2 cm³/mol. The molecule has 1 fully saturated rings. The number of aromatic nitrogens is 1. The zero-order valence-electron chi connectivity index (χ0n) is 10.3. The minimum Gasteiger partial charge on any atom is -0.497 e. The molecule has 102 valence electrons. The number of halogens is 1. The zero-order chi connectivity index (χ0) is 12.8. The molecule has 2 aromatic rings. The van der Waals surface area contributed by atoms with Crippen molar-refractivity contribution >= 4 is 45.0 Å². The maximum absolute atomic E-state index is 11.8. The Morgan fingerprint density at radius 3 is 2.89 bits per heavy atom. The Bertz CT molecular complexity index is 624. The normalized spacial score (nSPS) is 15.7. The van der Waals surface area contributed by atoms with Crippen LogP contribution in [0.25, 0.3) is 10.2 Å². The van der Waals surface area contributed by atoms with Crippen molar-refractivity contribution in [2.45, 2.75) is 18.4 Å². The number of carbonyl (C=O) groups excluding carboxylic acids is 1. The van der Waals surface area contributed by atoms with Gasteiger partial charge in [0, 0.05) is 0 Å². The number of benzene rings is 1. The quantitative estimate of drug-likeness (QED) is 0.910. The lowest BCUT2D eigenvalue weighted by molar-refractivity contribution is -0.118. The molecule has 0 unspecified atom stereocenters. The molecule has 1 aromatic carbocycles. The third-order valence-electron chi connectivity index (χ3n) is 3.06. The smallest absolute Gasteiger partial charge is 0.246 e. The largest absolute Gasteiger partial charge is 0.497 e. The number of thiazole rings is 1. The molecule has 3 rings (SSSR count). The van der Waals surface area contributed by atoms with Crippen molar-refractivity contribution < 1.29 is 9.53 Å². The van der Waals surface area contributed by atoms with Crippen LogP contribution in [0.2, 0.25) is 0 Å². The molecule has 1 aliphatic carbocycles. The Hall–Kier alpha value is -1.37. The molecule has 0 saturated heterocycles. The van der Waals surface area contributed by atoms with Crippen LogP contribution in [0.5, 0.6) is 5.75 Å². The third-order valence-corrected chi connectivity index (χ3v) is 3.99. The average Bonchev–Trinajstić information content (AvgIpc) is 2.99. The van der Waals surface area contributed by atoms with E-state index in [0.29, 0.717) is 5.13 Å². The molecule has 0 atom stereocenters. The SMILES string of the molecule is COc1ccc2nc(NC(=O)C3(N)CC3)sc2c1.Cl. The molecule has 1 heterocycles. The summed E-state index contributed by atoms with van der Waals surface area (Å²) in [7, 11) is 1.62. The summed E-state index contributed by atoms with van der Waals surface area (Å²) in [6.45, 7) is 0. The first-order valence-electron chi connectivity index (χ1n) is 5.66. The third kappa shape index (κ3) is 2.65. The molecule has 19 heavy (non-hydrogen) atoms. The molecule has 5 nitrogen and oxygen atoms in total. The summed E-state index contributed by atoms with van der Waals surface area (Å²) < 4.78 is 6.13. The van der Waals surface area contributed by atoms with Gasteiger partial charge in [0.05, 0.1) is 22.9 Å². The lowest BCUT2D eigenvalue weighted by Crippen LogP contribution is -2.37. The highest BCUT2D eigenvalue weighted by molar-refractivity contribution is 7.22. The van der Waals surface area contributed by atoms with E-state index < -0.39 is 5.54 Å². The number of rotatable bonds is 3. The highest BCUT2D eigenvalue weighted by Crippen LogP contribution is 2.35. The van der Waals surface area contributed by atoms with E-state index in [0.717, 1.165) is 28.8 Å². The van der Waals surface area contributed by atoms with Gasteiger partial charge in [-0.2, -0.15) is 0 Å². The molecule has 7 heteroatoms. The Balaban J connectivity index is 0.00000133. The Labute approximate surface area is 120 Å². The lowest BCUT2D eigenvalue weighted by atomic mass is 10.3. The highest BCUT2D eigenvalue weighted by atomic mass is 35.5. The van der Waals surface area contributed by atoms with Gasteiger partial charge in [-0.3, -0.25) is 4.79 Å². The maximum Gasteiger partial charge on any atom is 0.246 e. The summed E-state index contributed by atoms with van der Waals surface area (Å²) >= 11 is 1.42. The minimum atomic E-state index is -0.671. The second-order valence-electron chi connectivity index (χ2n) is 4.46. The summed E-state index contributed by atoms with van der Waals surface area (Å²) in [6.07, 6.45) is 1.50. The van der Waals surface area contributed by atoms with E-state index in [1.54, 1.807) is 7.11 Å². The number of nitrogens with two attached hydrogens (primary N) is 1. The van der Waals surface area contributed by atoms with Gasteiger partial charge < -0.3 is 15.8 Å². The van der Waals surface area contributed by atoms with E-state index >= 15 is 0 Å². The number of hydrogen-bond acceptors (Lipinski definition) is 5. The highest BCUT2D eigenvalue weighted by Gasteiger charge is 2.46. The first-order valence-corrected chi connectivity index (χ1v) is 6.47. The number of fused-ring (bicyclic) bond motifs is 1. The van der Waals surface area contributed by atoms with Crippen molar-refractivity contribution in [1.82, 2.24) is 4.98 Å². The number of amides is 1. The van der Waals surface area contributed by atoms with E-state index in [4.69, 9.17) is 10.5 Å². The van der Waals surface area contributed by atoms with Gasteiger partial charge in [-0.15, -0.1) is 12.4 Å². The zero-order valence-corrected chi connectivity index (χ0v) is 11.9. The van der Waals surface area contributed by atoms with Crippen LogP contribution in [-0.4, -0.2) is 23.5 Å². The molecule has 0 aliphatic heterocycles. The van der Waals surface area contributed by atoms with Crippen LogP contribution in [0.1, 0.15) is 12.8 Å². The molecular formula is C12H14ClN3O2S. The molecule has 0 spiro atoms. The number of anilines is 1. The van der Waals surface area contributed by atoms with Crippen LogP contribution in [0.4, 0.5) is 5.13 Å². The van der Waals surface area contributed by atoms with E-state index in [-0.39, 0.29) is 18.3 Å². The van der Waals surface area contributed by atoms with E-state index in [9.17, 15) is 4.79 Å². The van der Waals surface area contributed by atoms with Gasteiger partial charge in [0.15, 0.2) is 5.13 Å². The molecule has 0 radical (unpaired) electrons. The summed E-state index contributed by atoms with van der Waals surface area (Å²) in [5.74, 6) is 0.634. The topological polar surface area (TPSA) is 77.2 Å². The van der Waals surface area contributed by atoms with Gasteiger partial charge in [0.25, 0.3) is 0 Å². The Morgan fingerprint density at radius 1 is 1.53 bits per heavy atom. The van der Waals surface area contributed by atoms with Crippen LogP contribution in [0.3, 0.4) is 0 Å². The van der Waals surface area contributed by atoms with Gasteiger partial charge in [-0.25, -0.2) is 4.98 Å². The maximum atomic E-state index is 11.8. The van der Waals surface area contributed by atoms with Gasteiger partial charge in [-0.05, 0) is 31.0 Å². The number of ether oxygens (including phenoxy) is 1. The van der Waals surface area contributed by atoms with Crippen LogP contribution in [-0.2, 0) is 4.79 Å². The second kappa shape index (κ2) is 4.96. The summed E-state index contributed by atoms with van der Waals surface area (Å²) in [5.41, 5.74) is 6.00. The first-order chi connectivity index (χ1) is 8.60. The van der Waals surface area contributed by atoms with E-state index in [1.807, 2.05) is 18.2 Å². The van der Waals surface area contributed by atoms with Crippen molar-refractivity contribution in [3.8, 4) is 5.75 Å². The fourth-order valence-corrected chi connectivity index (χ4v) is 2.56. The van der Waals surface area contributed by atoms with Crippen LogP contribution in [0, 0.1) is 0 Å². The van der Waals surface area contributed by atoms with Crippen molar-refractivity contribution in [2.75, 3.05) is 12.4 Å². The summed E-state index contributed by atoms with van der Waals surface area (Å²) in [5, 5.41) is 3.36. The van der Waals surface area contributed by atoms with E-state index in [1.165, 1.54) is 11.3 Å². The van der Waals surface area contributed by atoms with Crippen LogP contribution in [0.15, 0.2) is 18.2 Å². The van der Waals surface area contributed by atoms with E-state index in [2.05, 4.69) is 10.3 Å². The monoisotopic (exact) mass is 299 g/mol. The number of nitrogens with one attached hydrogen (secondary N) is 1. The first kappa shape index (κ1) is 14.0. The second-order valence-corrected chi connectivity index (χ2v) is 5.49. The van der Waals surface area contributed by atoms with Crippen molar-refractivity contribution in [1.29, 1.82) is 0 Å². The number of carbonyl (C=O) groups is 1. The molecule has 1 aromatic heterocycles. The Kier molecular flexibility index (Phi) is 3.66. The van der Waals surface area contributed by atoms with Crippen molar-refractivity contribution in [3.63, 3.8) is 0 Å². The minimum absolute atomic E-state index is 0. The Morgan fingerprint density at radius 2 is 2.26 bits per heavy atom. The van der Waals surface area contributed by atoms with Gasteiger partial charge >= 0.3 is 0 Å². The van der Waals surface area contributed by atoms with Crippen LogP contribution >= 0.6 is 23.7 Å². The summed E-state index contributed by atoms with van der Waals surface area (Å²) in [6, 6.07) is 5.62. The summed E-state index contributed by atoms with van der Waals surface area (Å²) in [4.78, 5) is 16.1. The van der Waals surface area contributed by atoms with Gasteiger partial charge in [0.1, 0.15) is 5.75 Å². The van der Waals surface area contributed by atoms with Crippen molar-refractivity contribution in [3.05, 3.63) is 18.2 Å². The molecule has 1 saturated carbocycles. The molecular weight excluding hydrogens is 286 g/mol. The molecule has 0 bridgehead atoms. The number of methoxy groups -OCH3 is 1. The average molecular weight is 300 g/mol. The standard InChI is InChI=1S/C12H13N3O2S.ClH/c1-17-7-2-3-8-9(6-7)18-11(14-8)15-10(16)12(13)4-5-12;/h2-3,6H,4-5,13H2,1H3,(H,14,15,16);1H. The van der Waals surface area contributed by atoms with Gasteiger partial charge in [0.2, 0.25) is 5.91 Å². The molecule has 1 aliphatic rings. The molecule has 1 amide bonds. The lowest BCUT2D eigenvalue weighted by Gasteiger charge is -2.06. The number of nitrogens with zero attached hydrogens (tertiary/aromatic N) is 1. The molecule has 3 N–H and O–H groups in total.